The minimum atomic E-state index is -0.741. The Morgan fingerprint density at radius 1 is 1.03 bits per heavy atom. The van der Waals surface area contributed by atoms with E-state index in [1.165, 1.54) is 36.9 Å². The summed E-state index contributed by atoms with van der Waals surface area (Å²) in [5.41, 5.74) is 0.211. The van der Waals surface area contributed by atoms with Crippen LogP contribution in [0.25, 0.3) is 5.69 Å². The Hall–Kier alpha value is -4.01. The maximum atomic E-state index is 13.6. The zero-order valence-corrected chi connectivity index (χ0v) is 15.6. The lowest BCUT2D eigenvalue weighted by atomic mass is 10.2. The van der Waals surface area contributed by atoms with Gasteiger partial charge in [-0.1, -0.05) is 6.07 Å². The second-order valence-electron chi connectivity index (χ2n) is 6.00. The predicted molar refractivity (Wildman–Crippen MR) is 105 cm³/mol. The van der Waals surface area contributed by atoms with E-state index < -0.39 is 17.2 Å². The van der Waals surface area contributed by atoms with E-state index in [1.807, 2.05) is 0 Å². The number of halogens is 1. The number of amides is 2. The third kappa shape index (κ3) is 4.64. The van der Waals surface area contributed by atoms with Crippen LogP contribution >= 0.6 is 0 Å². The Labute approximate surface area is 164 Å². The van der Waals surface area contributed by atoms with E-state index in [0.29, 0.717) is 11.4 Å². The van der Waals surface area contributed by atoms with Crippen molar-refractivity contribution in [3.63, 3.8) is 0 Å². The molecule has 0 atom stereocenters. The number of hydrogen-bond acceptors (Lipinski definition) is 5. The van der Waals surface area contributed by atoms with E-state index in [0.717, 1.165) is 6.07 Å². The van der Waals surface area contributed by atoms with Gasteiger partial charge < -0.3 is 15.4 Å². The first-order chi connectivity index (χ1) is 13.9. The van der Waals surface area contributed by atoms with Gasteiger partial charge in [-0.25, -0.2) is 9.07 Å². The Bertz CT molecular complexity index is 1130. The number of benzene rings is 2. The van der Waals surface area contributed by atoms with Gasteiger partial charge in [0.15, 0.2) is 5.69 Å². The Kier molecular flexibility index (Phi) is 5.68. The van der Waals surface area contributed by atoms with Crippen LogP contribution in [0.15, 0.2) is 59.4 Å². The molecule has 0 spiro atoms. The van der Waals surface area contributed by atoms with Crippen LogP contribution in [0.5, 0.6) is 5.88 Å². The summed E-state index contributed by atoms with van der Waals surface area (Å²) in [6, 6.07) is 12.9. The van der Waals surface area contributed by atoms with E-state index in [2.05, 4.69) is 15.7 Å². The van der Waals surface area contributed by atoms with E-state index in [-0.39, 0.29) is 23.2 Å². The molecule has 148 valence electrons. The first-order valence-corrected chi connectivity index (χ1v) is 8.50. The second kappa shape index (κ2) is 8.34. The van der Waals surface area contributed by atoms with Crippen molar-refractivity contribution in [1.29, 1.82) is 0 Å². The summed E-state index contributed by atoms with van der Waals surface area (Å²) in [5.74, 6) is -1.41. The van der Waals surface area contributed by atoms with Gasteiger partial charge in [0.05, 0.1) is 18.9 Å². The van der Waals surface area contributed by atoms with Gasteiger partial charge in [0.25, 0.3) is 5.91 Å². The van der Waals surface area contributed by atoms with Crippen LogP contribution in [0.2, 0.25) is 0 Å². The molecule has 29 heavy (non-hydrogen) atoms. The van der Waals surface area contributed by atoms with Gasteiger partial charge in [-0.3, -0.25) is 14.4 Å². The van der Waals surface area contributed by atoms with E-state index in [4.69, 9.17) is 4.74 Å². The highest BCUT2D eigenvalue weighted by atomic mass is 19.1. The molecular formula is C20H17FN4O4. The number of nitrogens with one attached hydrogen (secondary N) is 2. The van der Waals surface area contributed by atoms with Crippen molar-refractivity contribution in [3.8, 4) is 11.6 Å². The van der Waals surface area contributed by atoms with Crippen LogP contribution in [-0.2, 0) is 4.79 Å². The summed E-state index contributed by atoms with van der Waals surface area (Å²) in [5, 5.41) is 9.22. The summed E-state index contributed by atoms with van der Waals surface area (Å²) < 4.78 is 19.9. The lowest BCUT2D eigenvalue weighted by Crippen LogP contribution is -2.26. The number of nitrogens with zero attached hydrogens (tertiary/aromatic N) is 2. The molecule has 0 saturated carbocycles. The molecular weight excluding hydrogens is 379 g/mol. The van der Waals surface area contributed by atoms with Gasteiger partial charge in [0, 0.05) is 18.3 Å². The first-order valence-electron chi connectivity index (χ1n) is 8.50. The van der Waals surface area contributed by atoms with Gasteiger partial charge >= 0.3 is 0 Å². The molecule has 0 radical (unpaired) electrons. The minimum absolute atomic E-state index is 0.0526. The summed E-state index contributed by atoms with van der Waals surface area (Å²) in [6.45, 7) is 1.38. The molecule has 8 nitrogen and oxygen atoms in total. The summed E-state index contributed by atoms with van der Waals surface area (Å²) >= 11 is 0. The molecule has 0 unspecified atom stereocenters. The molecule has 3 aromatic rings. The number of aromatic nitrogens is 2. The number of rotatable bonds is 5. The lowest BCUT2D eigenvalue weighted by molar-refractivity contribution is -0.114. The average Bonchev–Trinajstić information content (AvgIpc) is 2.68. The molecule has 1 aromatic heterocycles. The van der Waals surface area contributed by atoms with Crippen molar-refractivity contribution in [2.24, 2.45) is 0 Å². The van der Waals surface area contributed by atoms with Gasteiger partial charge in [-0.2, -0.15) is 5.10 Å². The van der Waals surface area contributed by atoms with Crippen LogP contribution in [0.1, 0.15) is 17.4 Å². The minimum Gasteiger partial charge on any atom is -0.481 e. The van der Waals surface area contributed by atoms with Crippen molar-refractivity contribution in [2.45, 2.75) is 6.92 Å². The Morgan fingerprint density at radius 3 is 2.28 bits per heavy atom. The molecule has 3 rings (SSSR count). The third-order valence-electron chi connectivity index (χ3n) is 3.84. The molecule has 9 heteroatoms. The predicted octanol–water partition coefficient (Wildman–Crippen LogP) is 2.59. The highest BCUT2D eigenvalue weighted by Gasteiger charge is 2.17. The van der Waals surface area contributed by atoms with Crippen molar-refractivity contribution in [2.75, 3.05) is 17.7 Å². The van der Waals surface area contributed by atoms with Gasteiger partial charge in [0.1, 0.15) is 5.82 Å². The molecule has 1 heterocycles. The summed E-state index contributed by atoms with van der Waals surface area (Å²) in [6.07, 6.45) is 0. The summed E-state index contributed by atoms with van der Waals surface area (Å²) in [4.78, 5) is 36.0. The highest BCUT2D eigenvalue weighted by Crippen LogP contribution is 2.17. The van der Waals surface area contributed by atoms with Crippen LogP contribution in [0, 0.1) is 5.82 Å². The maximum absolute atomic E-state index is 13.6. The van der Waals surface area contributed by atoms with Crippen molar-refractivity contribution < 1.29 is 18.7 Å². The molecule has 2 aromatic carbocycles. The maximum Gasteiger partial charge on any atom is 0.280 e. The molecule has 2 amide bonds. The quantitative estimate of drug-likeness (QED) is 0.690. The monoisotopic (exact) mass is 396 g/mol. The highest BCUT2D eigenvalue weighted by molar-refractivity contribution is 6.02. The summed E-state index contributed by atoms with van der Waals surface area (Å²) in [7, 11) is 1.34. The first kappa shape index (κ1) is 19.7. The molecule has 0 fully saturated rings. The van der Waals surface area contributed by atoms with Crippen molar-refractivity contribution in [3.05, 3.63) is 76.3 Å². The number of ether oxygens (including phenoxy) is 1. The average molecular weight is 396 g/mol. The normalized spacial score (nSPS) is 10.3. The Morgan fingerprint density at radius 2 is 1.69 bits per heavy atom. The largest absolute Gasteiger partial charge is 0.481 e. The van der Waals surface area contributed by atoms with E-state index >= 15 is 0 Å². The molecule has 2 N–H and O–H groups in total. The van der Waals surface area contributed by atoms with Gasteiger partial charge in [0.2, 0.25) is 17.2 Å². The SMILES string of the molecule is COc1cc(=O)c(C(=O)Nc2ccc(NC(C)=O)cc2)nn1-c1cccc(F)c1. The standard InChI is InChI=1S/C20H17FN4O4/c1-12(26)22-14-6-8-15(9-7-14)23-20(28)19-17(27)11-18(29-2)25(24-19)16-5-3-4-13(21)10-16/h3-11H,1-2H3,(H,22,26)(H,23,28). The molecule has 0 aliphatic heterocycles. The van der Waals surface area contributed by atoms with Crippen LogP contribution in [0.4, 0.5) is 15.8 Å². The number of methoxy groups -OCH3 is 1. The van der Waals surface area contributed by atoms with Crippen molar-refractivity contribution in [1.82, 2.24) is 9.78 Å². The molecule has 0 bridgehead atoms. The van der Waals surface area contributed by atoms with Gasteiger partial charge in [-0.05, 0) is 42.5 Å². The molecule has 0 aliphatic carbocycles. The fourth-order valence-electron chi connectivity index (χ4n) is 2.57. The lowest BCUT2D eigenvalue weighted by Gasteiger charge is -2.13. The zero-order valence-electron chi connectivity index (χ0n) is 15.6. The van der Waals surface area contributed by atoms with Crippen LogP contribution in [-0.4, -0.2) is 28.7 Å². The fraction of sp³-hybridized carbons (Fsp3) is 0.100. The number of anilines is 2. The smallest absolute Gasteiger partial charge is 0.280 e. The van der Waals surface area contributed by atoms with Crippen LogP contribution in [0.3, 0.4) is 0 Å². The number of carbonyl (C=O) groups is 2. The molecule has 0 saturated heterocycles. The Balaban J connectivity index is 1.91. The van der Waals surface area contributed by atoms with Crippen molar-refractivity contribution >= 4 is 23.2 Å². The topological polar surface area (TPSA) is 102 Å². The van der Waals surface area contributed by atoms with E-state index in [1.54, 1.807) is 30.3 Å². The molecule has 0 aliphatic rings. The second-order valence-corrected chi connectivity index (χ2v) is 6.00. The number of hydrogen-bond donors (Lipinski definition) is 2. The zero-order chi connectivity index (χ0) is 21.0. The van der Waals surface area contributed by atoms with E-state index in [9.17, 15) is 18.8 Å². The van der Waals surface area contributed by atoms with Gasteiger partial charge in [-0.15, -0.1) is 0 Å². The fourth-order valence-corrected chi connectivity index (χ4v) is 2.57. The third-order valence-corrected chi connectivity index (χ3v) is 3.84. The van der Waals surface area contributed by atoms with Crippen LogP contribution < -0.4 is 20.8 Å². The number of carbonyl (C=O) groups excluding carboxylic acids is 2.